The molecule has 2 heterocycles. The molecule has 0 saturated carbocycles. The highest BCUT2D eigenvalue weighted by molar-refractivity contribution is 9.11. The van der Waals surface area contributed by atoms with Crippen molar-refractivity contribution >= 4 is 38.9 Å². The number of amides is 1. The van der Waals surface area contributed by atoms with Gasteiger partial charge in [-0.25, -0.2) is 0 Å². The van der Waals surface area contributed by atoms with Gasteiger partial charge in [-0.1, -0.05) is 19.1 Å². The summed E-state index contributed by atoms with van der Waals surface area (Å²) in [6, 6.07) is 12.0. The Morgan fingerprint density at radius 1 is 1.33 bits per heavy atom. The van der Waals surface area contributed by atoms with E-state index < -0.39 is 0 Å². The molecule has 3 rings (SSSR count). The number of benzene rings is 1. The summed E-state index contributed by atoms with van der Waals surface area (Å²) in [6.07, 6.45) is 0.831. The van der Waals surface area contributed by atoms with Crippen LogP contribution >= 0.6 is 27.3 Å². The monoisotopic (exact) mass is 364 g/mol. The van der Waals surface area contributed by atoms with Gasteiger partial charge in [0.25, 0.3) is 5.91 Å². The first-order chi connectivity index (χ1) is 10.1. The second-order valence-corrected chi connectivity index (χ2v) is 7.70. The molecule has 0 bridgehead atoms. The molecule has 21 heavy (non-hydrogen) atoms. The Balaban J connectivity index is 2.07. The third-order valence-electron chi connectivity index (χ3n) is 3.89. The first kappa shape index (κ1) is 14.6. The predicted molar refractivity (Wildman–Crippen MR) is 90.7 cm³/mol. The molecule has 2 aromatic rings. The first-order valence-corrected chi connectivity index (χ1v) is 8.66. The van der Waals surface area contributed by atoms with Gasteiger partial charge in [-0.3, -0.25) is 4.79 Å². The number of nitrogens with zero attached hydrogens (tertiary/aromatic N) is 1. The summed E-state index contributed by atoms with van der Waals surface area (Å²) < 4.78 is 1.08. The van der Waals surface area contributed by atoms with E-state index in [1.54, 1.807) is 11.3 Å². The number of carbonyl (C=O) groups is 1. The fraction of sp³-hybridized carbons (Fsp3) is 0.312. The molecule has 2 atom stereocenters. The van der Waals surface area contributed by atoms with Crippen LogP contribution in [0.4, 0.5) is 5.69 Å². The van der Waals surface area contributed by atoms with Gasteiger partial charge in [0.15, 0.2) is 0 Å². The number of rotatable bonds is 3. The van der Waals surface area contributed by atoms with E-state index in [4.69, 9.17) is 0 Å². The smallest absolute Gasteiger partial charge is 0.258 e. The fourth-order valence-electron chi connectivity index (χ4n) is 2.60. The van der Waals surface area contributed by atoms with Crippen LogP contribution in [0.5, 0.6) is 0 Å². The van der Waals surface area contributed by atoms with Crippen molar-refractivity contribution in [1.82, 2.24) is 4.90 Å². The highest BCUT2D eigenvalue weighted by atomic mass is 79.9. The zero-order chi connectivity index (χ0) is 15.0. The summed E-state index contributed by atoms with van der Waals surface area (Å²) in [5.41, 5.74) is 1.67. The van der Waals surface area contributed by atoms with E-state index in [0.717, 1.165) is 26.3 Å². The van der Waals surface area contributed by atoms with Gasteiger partial charge in [-0.05, 0) is 53.5 Å². The molecule has 3 nitrogen and oxygen atoms in total. The summed E-state index contributed by atoms with van der Waals surface area (Å²) in [4.78, 5) is 16.0. The average Bonchev–Trinajstić information content (AvgIpc) is 2.93. The highest BCUT2D eigenvalue weighted by Gasteiger charge is 2.35. The highest BCUT2D eigenvalue weighted by Crippen LogP contribution is 2.38. The lowest BCUT2D eigenvalue weighted by Crippen LogP contribution is -2.47. The molecular weight excluding hydrogens is 348 g/mol. The molecule has 0 saturated heterocycles. The first-order valence-electron chi connectivity index (χ1n) is 7.05. The van der Waals surface area contributed by atoms with Gasteiger partial charge in [0.2, 0.25) is 0 Å². The molecule has 1 N–H and O–H groups in total. The molecule has 0 unspecified atom stereocenters. The molecule has 0 aliphatic carbocycles. The number of nitrogens with one attached hydrogen (secondary N) is 1. The van der Waals surface area contributed by atoms with Gasteiger partial charge in [0, 0.05) is 16.6 Å². The number of hydrogen-bond acceptors (Lipinski definition) is 3. The van der Waals surface area contributed by atoms with E-state index in [9.17, 15) is 4.79 Å². The zero-order valence-electron chi connectivity index (χ0n) is 12.0. The van der Waals surface area contributed by atoms with Crippen molar-refractivity contribution < 1.29 is 4.79 Å². The Kier molecular flexibility index (Phi) is 4.04. The van der Waals surface area contributed by atoms with Gasteiger partial charge in [0.1, 0.15) is 6.17 Å². The van der Waals surface area contributed by atoms with Crippen LogP contribution in [-0.2, 0) is 0 Å². The molecule has 0 fully saturated rings. The van der Waals surface area contributed by atoms with Crippen LogP contribution in [0.2, 0.25) is 0 Å². The summed E-state index contributed by atoms with van der Waals surface area (Å²) in [6.45, 7) is 4.21. The van der Waals surface area contributed by atoms with Crippen molar-refractivity contribution in [2.24, 2.45) is 0 Å². The maximum Gasteiger partial charge on any atom is 0.258 e. The normalized spacial score (nSPS) is 19.1. The van der Waals surface area contributed by atoms with Crippen LogP contribution in [0.1, 0.15) is 41.7 Å². The Bertz CT molecular complexity index is 670. The molecule has 5 heteroatoms. The number of para-hydroxylation sites is 1. The predicted octanol–water partition coefficient (Wildman–Crippen LogP) is 4.88. The van der Waals surface area contributed by atoms with Crippen molar-refractivity contribution in [3.63, 3.8) is 0 Å². The number of carbonyl (C=O) groups excluding carboxylic acids is 1. The van der Waals surface area contributed by atoms with Gasteiger partial charge in [-0.15, -0.1) is 11.3 Å². The van der Waals surface area contributed by atoms with E-state index in [-0.39, 0.29) is 18.1 Å². The van der Waals surface area contributed by atoms with Crippen LogP contribution in [0.15, 0.2) is 40.2 Å². The lowest BCUT2D eigenvalue weighted by molar-refractivity contribution is 0.0597. The Hall–Kier alpha value is -1.33. The molecule has 1 aliphatic heterocycles. The average molecular weight is 365 g/mol. The van der Waals surface area contributed by atoms with Gasteiger partial charge >= 0.3 is 0 Å². The quantitative estimate of drug-likeness (QED) is 0.841. The van der Waals surface area contributed by atoms with Crippen molar-refractivity contribution in [1.29, 1.82) is 0 Å². The maximum absolute atomic E-state index is 12.9. The number of hydrogen-bond donors (Lipinski definition) is 1. The summed E-state index contributed by atoms with van der Waals surface area (Å²) >= 11 is 5.17. The second-order valence-electron chi connectivity index (χ2n) is 5.20. The molecule has 1 aromatic carbocycles. The van der Waals surface area contributed by atoms with Gasteiger partial charge in [-0.2, -0.15) is 0 Å². The van der Waals surface area contributed by atoms with E-state index in [1.807, 2.05) is 35.2 Å². The lowest BCUT2D eigenvalue weighted by Gasteiger charge is -2.40. The minimum atomic E-state index is -0.0985. The molecule has 1 amide bonds. The van der Waals surface area contributed by atoms with Crippen LogP contribution in [0.3, 0.4) is 0 Å². The Morgan fingerprint density at radius 3 is 2.76 bits per heavy atom. The number of halogens is 1. The Morgan fingerprint density at radius 2 is 2.10 bits per heavy atom. The number of anilines is 1. The van der Waals surface area contributed by atoms with E-state index in [1.165, 1.54) is 0 Å². The molecule has 1 aliphatic rings. The lowest BCUT2D eigenvalue weighted by atomic mass is 10.0. The van der Waals surface area contributed by atoms with Crippen LogP contribution < -0.4 is 5.32 Å². The van der Waals surface area contributed by atoms with E-state index >= 15 is 0 Å². The number of fused-ring (bicyclic) bond motifs is 1. The largest absolute Gasteiger partial charge is 0.360 e. The minimum absolute atomic E-state index is 0.0985. The fourth-order valence-corrected chi connectivity index (χ4v) is 4.08. The minimum Gasteiger partial charge on any atom is -0.360 e. The van der Waals surface area contributed by atoms with E-state index in [2.05, 4.69) is 41.2 Å². The maximum atomic E-state index is 12.9. The van der Waals surface area contributed by atoms with Crippen molar-refractivity contribution in [2.45, 2.75) is 32.5 Å². The molecular formula is C16H17BrN2OS. The van der Waals surface area contributed by atoms with Crippen LogP contribution in [-0.4, -0.2) is 16.8 Å². The summed E-state index contributed by atoms with van der Waals surface area (Å²) in [5, 5.41) is 3.52. The summed E-state index contributed by atoms with van der Waals surface area (Å²) in [5.74, 6) is 0.105. The molecule has 1 aromatic heterocycles. The zero-order valence-corrected chi connectivity index (χ0v) is 14.4. The van der Waals surface area contributed by atoms with Crippen molar-refractivity contribution in [2.75, 3.05) is 5.32 Å². The summed E-state index contributed by atoms with van der Waals surface area (Å²) in [7, 11) is 0. The van der Waals surface area contributed by atoms with Crippen LogP contribution in [0.25, 0.3) is 0 Å². The number of thiophene rings is 1. The molecule has 110 valence electrons. The van der Waals surface area contributed by atoms with Gasteiger partial charge in [0.05, 0.1) is 9.35 Å². The van der Waals surface area contributed by atoms with E-state index in [0.29, 0.717) is 0 Å². The van der Waals surface area contributed by atoms with Crippen molar-refractivity contribution in [3.8, 4) is 0 Å². The van der Waals surface area contributed by atoms with Crippen molar-refractivity contribution in [3.05, 3.63) is 50.6 Å². The van der Waals surface area contributed by atoms with Crippen LogP contribution in [0, 0.1) is 0 Å². The topological polar surface area (TPSA) is 32.3 Å². The second kappa shape index (κ2) is 5.81. The third-order valence-corrected chi connectivity index (χ3v) is 5.57. The standard InChI is InChI=1S/C16H17BrN2OS/c1-3-10(2)19-15(13-8-9-14(17)21-13)18-12-7-5-4-6-11(12)16(19)20/h4-10,15,18H,3H2,1-2H3/t10-,15-/m0/s1. The SMILES string of the molecule is CC[C@H](C)N1C(=O)c2ccccc2N[C@@H]1c1ccc(Br)s1. The Labute approximate surface area is 137 Å². The van der Waals surface area contributed by atoms with Gasteiger partial charge < -0.3 is 10.2 Å². The molecule has 0 radical (unpaired) electrons. The molecule has 0 spiro atoms. The third kappa shape index (κ3) is 2.60.